The molecule has 0 saturated carbocycles. The lowest BCUT2D eigenvalue weighted by Gasteiger charge is -2.14. The van der Waals surface area contributed by atoms with E-state index in [2.05, 4.69) is 0 Å². The fourth-order valence-electron chi connectivity index (χ4n) is 3.59. The maximum absolute atomic E-state index is 13.8. The molecule has 3 aromatic carbocycles. The molecule has 0 amide bonds. The van der Waals surface area contributed by atoms with Gasteiger partial charge in [-0.2, -0.15) is 13.2 Å². The van der Waals surface area contributed by atoms with Gasteiger partial charge >= 0.3 is 12.1 Å². The van der Waals surface area contributed by atoms with Gasteiger partial charge in [-0.05, 0) is 43.3 Å². The maximum atomic E-state index is 13.8. The van der Waals surface area contributed by atoms with Gasteiger partial charge in [0.1, 0.15) is 17.1 Å². The molecular formula is C27H21F3O8. The maximum Gasteiger partial charge on any atom is 0.453 e. The van der Waals surface area contributed by atoms with Crippen molar-refractivity contribution < 1.29 is 46.1 Å². The van der Waals surface area contributed by atoms with Gasteiger partial charge in [0, 0.05) is 6.07 Å². The van der Waals surface area contributed by atoms with E-state index in [1.807, 2.05) is 0 Å². The minimum absolute atomic E-state index is 0.0128. The quantitative estimate of drug-likeness (QED) is 0.207. The van der Waals surface area contributed by atoms with E-state index in [1.54, 1.807) is 19.1 Å². The summed E-state index contributed by atoms with van der Waals surface area (Å²) in [6, 6.07) is 12.3. The molecule has 1 heterocycles. The Morgan fingerprint density at radius 2 is 1.42 bits per heavy atom. The molecule has 4 aromatic rings. The summed E-state index contributed by atoms with van der Waals surface area (Å²) in [4.78, 5) is 25.8. The van der Waals surface area contributed by atoms with E-state index in [0.717, 1.165) is 11.6 Å². The third-order valence-corrected chi connectivity index (χ3v) is 5.43. The molecule has 11 heteroatoms. The number of hydrogen-bond donors (Lipinski definition) is 0. The Balaban J connectivity index is 1.73. The van der Waals surface area contributed by atoms with Crippen LogP contribution in [0.2, 0.25) is 0 Å². The molecule has 1 aromatic heterocycles. The topological polar surface area (TPSA) is 93.4 Å². The van der Waals surface area contributed by atoms with Gasteiger partial charge in [0.15, 0.2) is 11.5 Å². The highest BCUT2D eigenvalue weighted by Crippen LogP contribution is 2.40. The number of esters is 1. The van der Waals surface area contributed by atoms with Gasteiger partial charge in [0.25, 0.3) is 5.76 Å². The fraction of sp³-hybridized carbons (Fsp3) is 0.185. The molecule has 0 atom stereocenters. The highest BCUT2D eigenvalue weighted by atomic mass is 19.4. The Morgan fingerprint density at radius 3 is 1.97 bits per heavy atom. The predicted octanol–water partition coefficient (Wildman–Crippen LogP) is 6.16. The average Bonchev–Trinajstić information content (AvgIpc) is 2.89. The molecule has 0 saturated heterocycles. The van der Waals surface area contributed by atoms with Crippen molar-refractivity contribution in [3.8, 4) is 34.5 Å². The zero-order valence-electron chi connectivity index (χ0n) is 20.6. The van der Waals surface area contributed by atoms with Crippen molar-refractivity contribution in [2.24, 2.45) is 0 Å². The standard InChI is InChI=1S/C27H21F3O8/c1-14-5-7-16(8-6-14)36-24-22(31)18-10-9-17(13-19(18)38-25(24)27(28,29)30)37-26(32)15-11-20(33-2)23(35-4)21(12-15)34-3/h5-13H,1-4H3. The van der Waals surface area contributed by atoms with E-state index < -0.39 is 34.7 Å². The van der Waals surface area contributed by atoms with E-state index in [1.165, 1.54) is 57.7 Å². The second-order valence-corrected chi connectivity index (χ2v) is 7.96. The van der Waals surface area contributed by atoms with Crippen LogP contribution in [-0.4, -0.2) is 27.3 Å². The number of ether oxygens (including phenoxy) is 5. The Hall–Kier alpha value is -4.67. The van der Waals surface area contributed by atoms with Crippen LogP contribution in [0.4, 0.5) is 13.2 Å². The predicted molar refractivity (Wildman–Crippen MR) is 130 cm³/mol. The number of carbonyl (C=O) groups is 1. The number of fused-ring (bicyclic) bond motifs is 1. The van der Waals surface area contributed by atoms with Crippen molar-refractivity contribution in [2.45, 2.75) is 13.1 Å². The van der Waals surface area contributed by atoms with E-state index in [9.17, 15) is 22.8 Å². The summed E-state index contributed by atoms with van der Waals surface area (Å²) >= 11 is 0. The molecule has 8 nitrogen and oxygen atoms in total. The molecule has 0 fully saturated rings. The van der Waals surface area contributed by atoms with E-state index in [4.69, 9.17) is 28.1 Å². The highest BCUT2D eigenvalue weighted by molar-refractivity contribution is 5.93. The molecule has 38 heavy (non-hydrogen) atoms. The van der Waals surface area contributed by atoms with Gasteiger partial charge in [-0.25, -0.2) is 4.79 Å². The van der Waals surface area contributed by atoms with E-state index in [-0.39, 0.29) is 39.7 Å². The van der Waals surface area contributed by atoms with Gasteiger partial charge < -0.3 is 28.1 Å². The van der Waals surface area contributed by atoms with Crippen molar-refractivity contribution in [2.75, 3.05) is 21.3 Å². The van der Waals surface area contributed by atoms with Gasteiger partial charge in [-0.1, -0.05) is 17.7 Å². The molecule has 0 aliphatic rings. The van der Waals surface area contributed by atoms with Gasteiger partial charge in [-0.3, -0.25) is 4.79 Å². The first-order valence-corrected chi connectivity index (χ1v) is 11.0. The lowest BCUT2D eigenvalue weighted by atomic mass is 10.1. The zero-order valence-corrected chi connectivity index (χ0v) is 20.6. The zero-order chi connectivity index (χ0) is 27.6. The second-order valence-electron chi connectivity index (χ2n) is 7.96. The van der Waals surface area contributed by atoms with Crippen molar-refractivity contribution in [1.82, 2.24) is 0 Å². The molecule has 0 N–H and O–H groups in total. The lowest BCUT2D eigenvalue weighted by molar-refractivity contribution is -0.154. The minimum atomic E-state index is -5.05. The smallest absolute Gasteiger partial charge is 0.453 e. The van der Waals surface area contributed by atoms with Crippen LogP contribution in [0.3, 0.4) is 0 Å². The van der Waals surface area contributed by atoms with Crippen LogP contribution in [0.25, 0.3) is 11.0 Å². The minimum Gasteiger partial charge on any atom is -0.493 e. The van der Waals surface area contributed by atoms with Crippen molar-refractivity contribution >= 4 is 16.9 Å². The van der Waals surface area contributed by atoms with Gasteiger partial charge in [0.05, 0.1) is 32.3 Å². The number of aryl methyl sites for hydroxylation is 1. The average molecular weight is 530 g/mol. The first-order valence-electron chi connectivity index (χ1n) is 11.0. The van der Waals surface area contributed by atoms with E-state index in [0.29, 0.717) is 0 Å². The van der Waals surface area contributed by atoms with Crippen molar-refractivity contribution in [1.29, 1.82) is 0 Å². The summed E-state index contributed by atoms with van der Waals surface area (Å²) in [7, 11) is 4.13. The number of benzene rings is 3. The van der Waals surface area contributed by atoms with Crippen LogP contribution in [0.5, 0.6) is 34.5 Å². The summed E-state index contributed by atoms with van der Waals surface area (Å²) < 4.78 is 72.8. The number of methoxy groups -OCH3 is 3. The number of halogens is 3. The van der Waals surface area contributed by atoms with Crippen LogP contribution in [-0.2, 0) is 6.18 Å². The fourth-order valence-corrected chi connectivity index (χ4v) is 3.59. The molecule has 0 aliphatic carbocycles. The monoisotopic (exact) mass is 530 g/mol. The van der Waals surface area contributed by atoms with Crippen LogP contribution < -0.4 is 29.1 Å². The normalized spacial score (nSPS) is 11.2. The van der Waals surface area contributed by atoms with Crippen molar-refractivity contribution in [3.63, 3.8) is 0 Å². The molecule has 0 bridgehead atoms. The first kappa shape index (κ1) is 26.4. The second kappa shape index (κ2) is 10.4. The number of carbonyl (C=O) groups excluding carboxylic acids is 1. The van der Waals surface area contributed by atoms with Crippen LogP contribution in [0.15, 0.2) is 63.8 Å². The third-order valence-electron chi connectivity index (χ3n) is 5.43. The summed E-state index contributed by atoms with van der Waals surface area (Å²) in [5.41, 5.74) is -0.623. The summed E-state index contributed by atoms with van der Waals surface area (Å²) in [5, 5.41) is -0.201. The number of hydrogen-bond acceptors (Lipinski definition) is 8. The number of alkyl halides is 3. The van der Waals surface area contributed by atoms with Crippen LogP contribution in [0.1, 0.15) is 21.7 Å². The molecule has 0 radical (unpaired) electrons. The molecule has 4 rings (SSSR count). The Morgan fingerprint density at radius 1 is 0.816 bits per heavy atom. The molecular weight excluding hydrogens is 509 g/mol. The summed E-state index contributed by atoms with van der Waals surface area (Å²) in [5.74, 6) is -3.00. The molecule has 0 aliphatic heterocycles. The number of rotatable bonds is 7. The van der Waals surface area contributed by atoms with Crippen molar-refractivity contribution in [3.05, 3.63) is 81.7 Å². The lowest BCUT2D eigenvalue weighted by Crippen LogP contribution is -2.15. The van der Waals surface area contributed by atoms with Crippen LogP contribution >= 0.6 is 0 Å². The molecule has 0 spiro atoms. The largest absolute Gasteiger partial charge is 0.493 e. The van der Waals surface area contributed by atoms with Crippen LogP contribution in [0, 0.1) is 6.92 Å². The Labute approximate surface area is 214 Å². The van der Waals surface area contributed by atoms with E-state index >= 15 is 0 Å². The molecule has 0 unspecified atom stereocenters. The third kappa shape index (κ3) is 5.22. The van der Waals surface area contributed by atoms with Gasteiger partial charge in [-0.15, -0.1) is 0 Å². The van der Waals surface area contributed by atoms with Gasteiger partial charge in [0.2, 0.25) is 16.9 Å². The Bertz CT molecular complexity index is 1530. The molecule has 198 valence electrons. The summed E-state index contributed by atoms with van der Waals surface area (Å²) in [6.07, 6.45) is -5.05. The SMILES string of the molecule is COc1cc(C(=O)Oc2ccc3c(=O)c(Oc4ccc(C)cc4)c(C(F)(F)F)oc3c2)cc(OC)c1OC. The summed E-state index contributed by atoms with van der Waals surface area (Å²) in [6.45, 7) is 1.79. The Kier molecular flexibility index (Phi) is 7.20. The first-order chi connectivity index (χ1) is 18.0. The highest BCUT2D eigenvalue weighted by Gasteiger charge is 2.40.